The van der Waals surface area contributed by atoms with Crippen molar-refractivity contribution in [1.82, 2.24) is 10.3 Å². The van der Waals surface area contributed by atoms with E-state index in [1.807, 2.05) is 44.2 Å². The molecule has 0 bridgehead atoms. The van der Waals surface area contributed by atoms with Crippen LogP contribution in [0.4, 0.5) is 4.79 Å². The molecule has 0 saturated heterocycles. The average Bonchev–Trinajstić information content (AvgIpc) is 2.81. The summed E-state index contributed by atoms with van der Waals surface area (Å²) >= 11 is 0. The van der Waals surface area contributed by atoms with Crippen LogP contribution in [-0.4, -0.2) is 37.5 Å². The number of methoxy groups -OCH3 is 2. The minimum Gasteiger partial charge on any atom is -0.493 e. The first-order valence-corrected chi connectivity index (χ1v) is 11.5. The maximum atomic E-state index is 12.4. The molecule has 7 heteroatoms. The van der Waals surface area contributed by atoms with E-state index in [1.165, 1.54) is 0 Å². The molecule has 0 radical (unpaired) electrons. The second-order valence-corrected chi connectivity index (χ2v) is 8.25. The van der Waals surface area contributed by atoms with E-state index in [0.717, 1.165) is 41.4 Å². The molecule has 1 N–H and O–H groups in total. The molecule has 1 aromatic carbocycles. The van der Waals surface area contributed by atoms with Crippen LogP contribution in [-0.2, 0) is 4.74 Å². The molecule has 2 aromatic rings. The molecule has 0 saturated carbocycles. The monoisotopic (exact) mass is 454 g/mol. The summed E-state index contributed by atoms with van der Waals surface area (Å²) in [6, 6.07) is 5.56. The number of allylic oxidation sites excluding steroid dienone is 1. The third kappa shape index (κ3) is 5.78. The highest BCUT2D eigenvalue weighted by molar-refractivity contribution is 5.88. The van der Waals surface area contributed by atoms with Crippen molar-refractivity contribution in [2.24, 2.45) is 5.92 Å². The zero-order valence-electron chi connectivity index (χ0n) is 20.3. The molecule has 1 aliphatic rings. The van der Waals surface area contributed by atoms with E-state index >= 15 is 0 Å². The Morgan fingerprint density at radius 3 is 2.52 bits per heavy atom. The molecule has 178 valence electrons. The molecule has 0 spiro atoms. The molecule has 3 rings (SSSR count). The number of carbonyl (C=O) groups excluding carboxylic acids is 1. The quantitative estimate of drug-likeness (QED) is 0.517. The molecule has 1 heterocycles. The topological polar surface area (TPSA) is 78.9 Å². The number of aromatic nitrogens is 1. The number of rotatable bonds is 9. The second kappa shape index (κ2) is 11.1. The highest BCUT2D eigenvalue weighted by atomic mass is 16.6. The highest BCUT2D eigenvalue weighted by Gasteiger charge is 2.24. The Morgan fingerprint density at radius 1 is 1.12 bits per heavy atom. The second-order valence-electron chi connectivity index (χ2n) is 8.25. The van der Waals surface area contributed by atoms with Crippen LogP contribution >= 0.6 is 0 Å². The number of ether oxygens (including phenoxy) is 4. The summed E-state index contributed by atoms with van der Waals surface area (Å²) in [4.78, 5) is 16.8. The SMILES string of the molecule is CCC[C@@H](CC)OC(=O)NC1=CC(C)[C@@H](Oc2ccnc3cc(OC)c(OC)cc23)C=C1C. The lowest BCUT2D eigenvalue weighted by Gasteiger charge is -2.27. The van der Waals surface area contributed by atoms with E-state index < -0.39 is 6.09 Å². The first kappa shape index (κ1) is 24.4. The van der Waals surface area contributed by atoms with Crippen LogP contribution in [0.25, 0.3) is 10.9 Å². The van der Waals surface area contributed by atoms with Gasteiger partial charge in [-0.2, -0.15) is 0 Å². The number of alkyl carbamates (subject to hydrolysis) is 1. The molecular weight excluding hydrogens is 420 g/mol. The first-order valence-electron chi connectivity index (χ1n) is 11.5. The van der Waals surface area contributed by atoms with Gasteiger partial charge in [0.05, 0.1) is 19.7 Å². The normalized spacial score (nSPS) is 18.7. The van der Waals surface area contributed by atoms with Gasteiger partial charge < -0.3 is 18.9 Å². The average molecular weight is 455 g/mol. The number of nitrogens with zero attached hydrogens (tertiary/aromatic N) is 1. The lowest BCUT2D eigenvalue weighted by molar-refractivity contribution is 0.0920. The third-order valence-electron chi connectivity index (χ3n) is 5.83. The van der Waals surface area contributed by atoms with E-state index in [1.54, 1.807) is 20.4 Å². The Hall–Kier alpha value is -3.22. The predicted molar refractivity (Wildman–Crippen MR) is 129 cm³/mol. The standard InChI is InChI=1S/C26H34N2O5/c1-7-9-18(8-2)32-26(29)28-20-12-17(4)23(13-16(20)3)33-22-10-11-27-21-15-25(31-6)24(30-5)14-19(21)22/h10-15,17-18,23H,7-9H2,1-6H3,(H,28,29)/t17?,18-,23+/m1/s1. The van der Waals surface area contributed by atoms with Crippen LogP contribution in [0.2, 0.25) is 0 Å². The van der Waals surface area contributed by atoms with Crippen molar-refractivity contribution in [3.63, 3.8) is 0 Å². The third-order valence-corrected chi connectivity index (χ3v) is 5.83. The van der Waals surface area contributed by atoms with Crippen LogP contribution in [0.15, 0.2) is 47.8 Å². The lowest BCUT2D eigenvalue weighted by Crippen LogP contribution is -2.33. The maximum absolute atomic E-state index is 12.4. The number of benzene rings is 1. The molecule has 7 nitrogen and oxygen atoms in total. The van der Waals surface area contributed by atoms with E-state index in [2.05, 4.69) is 24.1 Å². The Balaban J connectivity index is 1.76. The van der Waals surface area contributed by atoms with E-state index in [4.69, 9.17) is 18.9 Å². The number of fused-ring (bicyclic) bond motifs is 1. The van der Waals surface area contributed by atoms with Gasteiger partial charge in [0.15, 0.2) is 11.5 Å². The summed E-state index contributed by atoms with van der Waals surface area (Å²) < 4.78 is 22.8. The number of amides is 1. The summed E-state index contributed by atoms with van der Waals surface area (Å²) in [5.41, 5.74) is 2.44. The molecule has 0 fully saturated rings. The maximum Gasteiger partial charge on any atom is 0.411 e. The Kier molecular flexibility index (Phi) is 8.20. The molecule has 1 aromatic heterocycles. The molecular formula is C26H34N2O5. The van der Waals surface area contributed by atoms with Crippen molar-refractivity contribution < 1.29 is 23.7 Å². The summed E-state index contributed by atoms with van der Waals surface area (Å²) in [5, 5.41) is 3.74. The van der Waals surface area contributed by atoms with E-state index in [0.29, 0.717) is 17.2 Å². The van der Waals surface area contributed by atoms with Gasteiger partial charge in [-0.05, 0) is 43.5 Å². The Bertz CT molecular complexity index is 1050. The zero-order valence-corrected chi connectivity index (χ0v) is 20.3. The molecule has 3 atom stereocenters. The summed E-state index contributed by atoms with van der Waals surface area (Å²) in [7, 11) is 3.20. The zero-order chi connectivity index (χ0) is 24.0. The molecule has 1 amide bonds. The van der Waals surface area contributed by atoms with Crippen LogP contribution in [0.1, 0.15) is 47.0 Å². The van der Waals surface area contributed by atoms with Crippen molar-refractivity contribution in [2.45, 2.75) is 59.2 Å². The van der Waals surface area contributed by atoms with Gasteiger partial charge in [0, 0.05) is 29.3 Å². The van der Waals surface area contributed by atoms with Gasteiger partial charge in [-0.1, -0.05) is 33.3 Å². The van der Waals surface area contributed by atoms with Crippen molar-refractivity contribution in [3.05, 3.63) is 47.8 Å². The number of carbonyl (C=O) groups is 1. The Labute approximate surface area is 195 Å². The van der Waals surface area contributed by atoms with Gasteiger partial charge in [-0.25, -0.2) is 4.79 Å². The minimum absolute atomic E-state index is 0.0324. The number of hydrogen-bond donors (Lipinski definition) is 1. The van der Waals surface area contributed by atoms with E-state index in [9.17, 15) is 4.79 Å². The molecule has 1 aliphatic carbocycles. The van der Waals surface area contributed by atoms with E-state index in [-0.39, 0.29) is 18.1 Å². The number of hydrogen-bond acceptors (Lipinski definition) is 6. The van der Waals surface area contributed by atoms with Crippen molar-refractivity contribution in [3.8, 4) is 17.2 Å². The summed E-state index contributed by atoms with van der Waals surface area (Å²) in [6.45, 7) is 8.12. The van der Waals surface area contributed by atoms with Crippen molar-refractivity contribution in [1.29, 1.82) is 0 Å². The predicted octanol–water partition coefficient (Wildman–Crippen LogP) is 5.78. The van der Waals surface area contributed by atoms with Gasteiger partial charge in [-0.3, -0.25) is 10.3 Å². The fourth-order valence-corrected chi connectivity index (χ4v) is 3.91. The fraction of sp³-hybridized carbons (Fsp3) is 0.462. The summed E-state index contributed by atoms with van der Waals surface area (Å²) in [5.74, 6) is 1.97. The molecule has 0 aliphatic heterocycles. The first-order chi connectivity index (χ1) is 15.9. The highest BCUT2D eigenvalue weighted by Crippen LogP contribution is 2.36. The van der Waals surface area contributed by atoms with Crippen LogP contribution in [0.3, 0.4) is 0 Å². The van der Waals surface area contributed by atoms with Gasteiger partial charge in [0.25, 0.3) is 0 Å². The van der Waals surface area contributed by atoms with Crippen LogP contribution in [0.5, 0.6) is 17.2 Å². The largest absolute Gasteiger partial charge is 0.493 e. The van der Waals surface area contributed by atoms with Gasteiger partial charge in [-0.15, -0.1) is 0 Å². The number of nitrogens with one attached hydrogen (secondary N) is 1. The smallest absolute Gasteiger partial charge is 0.411 e. The lowest BCUT2D eigenvalue weighted by atomic mass is 9.93. The van der Waals surface area contributed by atoms with Crippen molar-refractivity contribution >= 4 is 17.0 Å². The van der Waals surface area contributed by atoms with Crippen molar-refractivity contribution in [2.75, 3.05) is 14.2 Å². The van der Waals surface area contributed by atoms with Gasteiger partial charge >= 0.3 is 6.09 Å². The number of pyridine rings is 1. The minimum atomic E-state index is -0.415. The van der Waals surface area contributed by atoms with Crippen LogP contribution in [0, 0.1) is 5.92 Å². The molecule has 1 unspecified atom stereocenters. The summed E-state index contributed by atoms with van der Waals surface area (Å²) in [6.07, 6.45) is 7.71. The fourth-order valence-electron chi connectivity index (χ4n) is 3.91. The van der Waals surface area contributed by atoms with Gasteiger partial charge in [0.1, 0.15) is 18.0 Å². The Morgan fingerprint density at radius 2 is 1.85 bits per heavy atom. The van der Waals surface area contributed by atoms with Gasteiger partial charge in [0.2, 0.25) is 0 Å². The van der Waals surface area contributed by atoms with Crippen LogP contribution < -0.4 is 19.5 Å². The molecule has 33 heavy (non-hydrogen) atoms.